The molecule has 4 aliphatic carbocycles. The summed E-state index contributed by atoms with van der Waals surface area (Å²) in [5.74, 6) is 2.82. The summed E-state index contributed by atoms with van der Waals surface area (Å²) in [5.41, 5.74) is 1.66. The summed E-state index contributed by atoms with van der Waals surface area (Å²) < 4.78 is 49.6. The molecule has 5 saturated heterocycles. The first-order valence-corrected chi connectivity index (χ1v) is 22.2. The van der Waals surface area contributed by atoms with Crippen molar-refractivity contribution in [1.82, 2.24) is 0 Å². The van der Waals surface area contributed by atoms with Crippen molar-refractivity contribution in [3.05, 3.63) is 11.6 Å². The molecule has 9 rings (SSSR count). The Hall–Kier alpha value is -0.860. The molecule has 3 saturated carbocycles. The van der Waals surface area contributed by atoms with Crippen LogP contribution in [0.15, 0.2) is 11.6 Å². The van der Waals surface area contributed by atoms with Gasteiger partial charge in [0.1, 0.15) is 54.9 Å². The maximum atomic E-state index is 11.7. The van der Waals surface area contributed by atoms with Crippen LogP contribution in [-0.2, 0) is 37.9 Å². The van der Waals surface area contributed by atoms with Gasteiger partial charge in [0.2, 0.25) is 0 Å². The molecule has 0 aromatic heterocycles. The molecular weight excluding hydrogens is 756 g/mol. The van der Waals surface area contributed by atoms with Gasteiger partial charge in [0.25, 0.3) is 0 Å². The fourth-order valence-electron chi connectivity index (χ4n) is 13.4. The first-order valence-electron chi connectivity index (χ1n) is 22.2. The van der Waals surface area contributed by atoms with Gasteiger partial charge in [-0.15, -0.1) is 0 Å². The monoisotopic (exact) mass is 824 g/mol. The molecule has 5 heterocycles. The fourth-order valence-corrected chi connectivity index (χ4v) is 13.4. The van der Waals surface area contributed by atoms with Crippen LogP contribution in [0, 0.1) is 46.3 Å². The number of rotatable bonds is 6. The molecule has 0 unspecified atom stereocenters. The van der Waals surface area contributed by atoms with Gasteiger partial charge < -0.3 is 73.6 Å². The number of ether oxygens (including phenoxy) is 8. The fraction of sp³-hybridized carbons (Fsp3) is 0.953. The van der Waals surface area contributed by atoms with Crippen molar-refractivity contribution in [2.75, 3.05) is 19.8 Å². The Balaban J connectivity index is 0.888. The van der Waals surface area contributed by atoms with Crippen LogP contribution in [0.3, 0.4) is 0 Å². The third-order valence-corrected chi connectivity index (χ3v) is 16.9. The SMILES string of the molecule is C[C@@H]1CC[C@@]2(OC1)O[C@H]1C[C@H]3[C@@H]4CC=C5C[C@@H](O[C@@H]6OC[C@H](O[C@@H]7OC[C@H](O)[C@H](O)[C@H]7O)[C@H](O)[C@H]6O[C@@H]6O[C@@H](C)[C@H](O)[C@@H](O)[C@H]6O)CC[C@]5(C)[C@H]4CC[C@]3(C)[C@H]1[C@@H]2C. The van der Waals surface area contributed by atoms with E-state index in [2.05, 4.69) is 33.8 Å². The Morgan fingerprint density at radius 3 is 2.22 bits per heavy atom. The first kappa shape index (κ1) is 42.4. The van der Waals surface area contributed by atoms with Gasteiger partial charge in [0, 0.05) is 12.3 Å². The normalized spacial score (nSPS) is 58.2. The van der Waals surface area contributed by atoms with Crippen molar-refractivity contribution in [2.24, 2.45) is 46.3 Å². The minimum atomic E-state index is -1.65. The minimum Gasteiger partial charge on any atom is -0.388 e. The standard InChI is InChI=1S/C43H68O15/c1-19-8-13-43(53-16-19)20(2)30-28(58-43)15-26-24-7-6-22-14-23(9-11-41(22,4)25(24)10-12-42(26,30)5)55-40-37(57-39-36(50)34(48)31(45)21(3)54-39)33(47)29(18-52-40)56-38-35(49)32(46)27(44)17-51-38/h6,19-21,23-40,44-50H,7-18H2,1-5H3/t19-,20+,21+,23+,24-,25+,26+,27+,28+,29+,30+,31+,32+,33+,34-,35-,36-,37-,38+,39+,40+,41+,42+,43-/m1/s1. The first-order chi connectivity index (χ1) is 27.5. The molecule has 9 aliphatic rings. The van der Waals surface area contributed by atoms with E-state index in [0.29, 0.717) is 41.9 Å². The summed E-state index contributed by atoms with van der Waals surface area (Å²) in [6.45, 7) is 11.5. The van der Waals surface area contributed by atoms with Crippen molar-refractivity contribution in [2.45, 2.75) is 190 Å². The van der Waals surface area contributed by atoms with Crippen LogP contribution in [0.4, 0.5) is 0 Å². The number of hydrogen-bond donors (Lipinski definition) is 7. The number of hydrogen-bond acceptors (Lipinski definition) is 15. The summed E-state index contributed by atoms with van der Waals surface area (Å²) >= 11 is 0. The minimum absolute atomic E-state index is 0.0338. The van der Waals surface area contributed by atoms with Gasteiger partial charge in [0.15, 0.2) is 24.7 Å². The lowest BCUT2D eigenvalue weighted by Crippen LogP contribution is -2.63. The molecule has 15 nitrogen and oxygen atoms in total. The van der Waals surface area contributed by atoms with Crippen LogP contribution in [0.25, 0.3) is 0 Å². The van der Waals surface area contributed by atoms with E-state index in [1.165, 1.54) is 25.3 Å². The Labute approximate surface area is 341 Å². The molecule has 0 radical (unpaired) electrons. The van der Waals surface area contributed by atoms with Gasteiger partial charge in [-0.05, 0) is 98.7 Å². The molecule has 0 aromatic rings. The molecule has 0 amide bonds. The third-order valence-electron chi connectivity index (χ3n) is 16.9. The van der Waals surface area contributed by atoms with E-state index < -0.39 is 85.7 Å². The van der Waals surface area contributed by atoms with Gasteiger partial charge >= 0.3 is 0 Å². The largest absolute Gasteiger partial charge is 0.388 e. The second-order valence-electron chi connectivity index (χ2n) is 20.2. The van der Waals surface area contributed by atoms with Crippen LogP contribution < -0.4 is 0 Å². The molecule has 7 N–H and O–H groups in total. The average molecular weight is 825 g/mol. The van der Waals surface area contributed by atoms with Crippen molar-refractivity contribution < 1.29 is 73.6 Å². The van der Waals surface area contributed by atoms with Crippen LogP contribution in [0.1, 0.15) is 92.4 Å². The molecule has 1 spiro atoms. The highest BCUT2D eigenvalue weighted by Gasteiger charge is 2.69. The van der Waals surface area contributed by atoms with E-state index in [1.807, 2.05) is 0 Å². The van der Waals surface area contributed by atoms with E-state index in [4.69, 9.17) is 37.9 Å². The Bertz CT molecular complexity index is 1510. The number of aliphatic hydroxyl groups is 7. The van der Waals surface area contributed by atoms with Crippen molar-refractivity contribution in [1.29, 1.82) is 0 Å². The van der Waals surface area contributed by atoms with Crippen LogP contribution in [0.5, 0.6) is 0 Å². The molecule has 58 heavy (non-hydrogen) atoms. The maximum absolute atomic E-state index is 11.7. The van der Waals surface area contributed by atoms with E-state index in [1.54, 1.807) is 0 Å². The third kappa shape index (κ3) is 6.89. The van der Waals surface area contributed by atoms with Gasteiger partial charge in [-0.3, -0.25) is 0 Å². The second kappa shape index (κ2) is 15.7. The lowest BCUT2D eigenvalue weighted by Gasteiger charge is -2.58. The van der Waals surface area contributed by atoms with Crippen molar-refractivity contribution in [3.8, 4) is 0 Å². The molecule has 24 atom stereocenters. The molecule has 330 valence electrons. The molecular formula is C43H68O15. The zero-order valence-electron chi connectivity index (χ0n) is 34.6. The van der Waals surface area contributed by atoms with Crippen molar-refractivity contribution >= 4 is 0 Å². The Morgan fingerprint density at radius 1 is 0.707 bits per heavy atom. The van der Waals surface area contributed by atoms with Gasteiger partial charge in [-0.2, -0.15) is 0 Å². The van der Waals surface area contributed by atoms with Gasteiger partial charge in [-0.1, -0.05) is 39.3 Å². The predicted octanol–water partition coefficient (Wildman–Crippen LogP) is 1.49. The molecule has 8 fully saturated rings. The zero-order valence-corrected chi connectivity index (χ0v) is 34.6. The molecule has 5 aliphatic heterocycles. The second-order valence-corrected chi connectivity index (χ2v) is 20.2. The van der Waals surface area contributed by atoms with Crippen LogP contribution in [0.2, 0.25) is 0 Å². The van der Waals surface area contributed by atoms with Gasteiger partial charge in [-0.25, -0.2) is 0 Å². The number of fused-ring (bicyclic) bond motifs is 7. The zero-order chi connectivity index (χ0) is 41.1. The highest BCUT2D eigenvalue weighted by Crippen LogP contribution is 2.70. The van der Waals surface area contributed by atoms with Gasteiger partial charge in [0.05, 0.1) is 38.1 Å². The smallest absolute Gasteiger partial charge is 0.187 e. The molecule has 15 heteroatoms. The quantitative estimate of drug-likeness (QED) is 0.189. The van der Waals surface area contributed by atoms with Crippen LogP contribution in [-0.4, -0.2) is 153 Å². The average Bonchev–Trinajstić information content (AvgIpc) is 3.65. The molecule has 0 aromatic carbocycles. The highest BCUT2D eigenvalue weighted by molar-refractivity contribution is 5.26. The lowest BCUT2D eigenvalue weighted by atomic mass is 9.47. The van der Waals surface area contributed by atoms with E-state index in [0.717, 1.165) is 45.1 Å². The Kier molecular flexibility index (Phi) is 11.5. The van der Waals surface area contributed by atoms with Crippen LogP contribution >= 0.6 is 0 Å². The van der Waals surface area contributed by atoms with E-state index in [-0.39, 0.29) is 36.3 Å². The lowest BCUT2D eigenvalue weighted by molar-refractivity contribution is -0.372. The number of aliphatic hydroxyl groups excluding tert-OH is 7. The summed E-state index contributed by atoms with van der Waals surface area (Å²) in [6.07, 6.45) is -6.21. The summed E-state index contributed by atoms with van der Waals surface area (Å²) in [7, 11) is 0. The maximum Gasteiger partial charge on any atom is 0.187 e. The highest BCUT2D eigenvalue weighted by atomic mass is 16.8. The Morgan fingerprint density at radius 2 is 1.47 bits per heavy atom. The van der Waals surface area contributed by atoms with Crippen molar-refractivity contribution in [3.63, 3.8) is 0 Å². The number of allylic oxidation sites excluding steroid dienone is 1. The summed E-state index contributed by atoms with van der Waals surface area (Å²) in [6, 6.07) is 0. The molecule has 0 bridgehead atoms. The van der Waals surface area contributed by atoms with E-state index >= 15 is 0 Å². The summed E-state index contributed by atoms with van der Waals surface area (Å²) in [4.78, 5) is 0. The van der Waals surface area contributed by atoms with E-state index in [9.17, 15) is 35.7 Å². The topological polar surface area (TPSA) is 215 Å². The predicted molar refractivity (Wildman–Crippen MR) is 202 cm³/mol. The summed E-state index contributed by atoms with van der Waals surface area (Å²) in [5, 5.41) is 74.1.